The number of pyridine rings is 1. The van der Waals surface area contributed by atoms with Crippen LogP contribution < -0.4 is 10.5 Å². The number of carbonyl (C=O) groups is 1. The Kier molecular flexibility index (Phi) is 5.30. The van der Waals surface area contributed by atoms with Crippen molar-refractivity contribution in [2.45, 2.75) is 26.6 Å². The van der Waals surface area contributed by atoms with Gasteiger partial charge in [0.1, 0.15) is 10.7 Å². The van der Waals surface area contributed by atoms with Crippen LogP contribution in [0.4, 0.5) is 20.2 Å². The molecule has 2 aromatic heterocycles. The molecule has 0 unspecified atom stereocenters. The van der Waals surface area contributed by atoms with Gasteiger partial charge in [0.15, 0.2) is 5.82 Å². The molecule has 0 bridgehead atoms. The number of rotatable bonds is 5. The van der Waals surface area contributed by atoms with Gasteiger partial charge >= 0.3 is 5.97 Å². The Morgan fingerprint density at radius 2 is 1.96 bits per heavy atom. The summed E-state index contributed by atoms with van der Waals surface area (Å²) >= 11 is 0.963. The third kappa shape index (κ3) is 3.86. The number of nitrogens with zero attached hydrogens (tertiary/aromatic N) is 1. The lowest BCUT2D eigenvalue weighted by Gasteiger charge is -2.18. The van der Waals surface area contributed by atoms with Gasteiger partial charge in [0.25, 0.3) is 0 Å². The standard InChI is InChI=1S/C19H20F2N2O2SSi/c1-5-25-19(24)18-16(12-9-22-10-14(21)17(12)26-18)23-15-7-6-11(8-13(15)20)27(2,3)4/h6-10,23H,5H2,1-4H3. The average molecular weight is 407 g/mol. The van der Waals surface area contributed by atoms with E-state index in [0.717, 1.165) is 22.7 Å². The highest BCUT2D eigenvalue weighted by atomic mass is 32.1. The Hall–Kier alpha value is -2.32. The number of benzene rings is 1. The first-order chi connectivity index (χ1) is 12.7. The van der Waals surface area contributed by atoms with Gasteiger partial charge in [0.2, 0.25) is 0 Å². The zero-order chi connectivity index (χ0) is 19.8. The summed E-state index contributed by atoms with van der Waals surface area (Å²) < 4.78 is 34.2. The summed E-state index contributed by atoms with van der Waals surface area (Å²) in [7, 11) is -1.66. The molecule has 1 aromatic carbocycles. The quantitative estimate of drug-likeness (QED) is 0.476. The molecular formula is C19H20F2N2O2SSi. The number of anilines is 2. The number of aromatic nitrogens is 1. The van der Waals surface area contributed by atoms with E-state index in [9.17, 15) is 13.6 Å². The Morgan fingerprint density at radius 3 is 2.59 bits per heavy atom. The van der Waals surface area contributed by atoms with Gasteiger partial charge in [-0.05, 0) is 19.1 Å². The van der Waals surface area contributed by atoms with E-state index in [1.165, 1.54) is 12.3 Å². The van der Waals surface area contributed by atoms with Gasteiger partial charge in [-0.2, -0.15) is 0 Å². The van der Waals surface area contributed by atoms with Crippen molar-refractivity contribution in [3.8, 4) is 0 Å². The van der Waals surface area contributed by atoms with E-state index in [2.05, 4.69) is 29.9 Å². The van der Waals surface area contributed by atoms with Crippen LogP contribution in [0.25, 0.3) is 10.1 Å². The third-order valence-corrected chi connectivity index (χ3v) is 7.35. The Balaban J connectivity index is 2.10. The molecule has 0 spiro atoms. The van der Waals surface area contributed by atoms with Crippen LogP contribution in [0.3, 0.4) is 0 Å². The van der Waals surface area contributed by atoms with Crippen LogP contribution >= 0.6 is 11.3 Å². The van der Waals surface area contributed by atoms with Crippen LogP contribution in [-0.4, -0.2) is 25.6 Å². The number of carbonyl (C=O) groups excluding carboxylic acids is 1. The maximum atomic E-state index is 14.7. The molecule has 0 fully saturated rings. The Morgan fingerprint density at radius 1 is 1.22 bits per heavy atom. The van der Waals surface area contributed by atoms with Crippen molar-refractivity contribution in [1.82, 2.24) is 4.98 Å². The van der Waals surface area contributed by atoms with Crippen molar-refractivity contribution >= 4 is 52.0 Å². The van der Waals surface area contributed by atoms with Crippen molar-refractivity contribution in [3.63, 3.8) is 0 Å². The maximum absolute atomic E-state index is 14.7. The van der Waals surface area contributed by atoms with Crippen LogP contribution in [0.1, 0.15) is 16.6 Å². The molecule has 0 amide bonds. The molecule has 0 saturated carbocycles. The highest BCUT2D eigenvalue weighted by molar-refractivity contribution is 7.21. The van der Waals surface area contributed by atoms with Crippen LogP contribution in [0.15, 0.2) is 30.6 Å². The van der Waals surface area contributed by atoms with Crippen molar-refractivity contribution < 1.29 is 18.3 Å². The van der Waals surface area contributed by atoms with Gasteiger partial charge in [-0.25, -0.2) is 13.6 Å². The molecule has 0 aliphatic carbocycles. The van der Waals surface area contributed by atoms with E-state index in [4.69, 9.17) is 4.74 Å². The minimum atomic E-state index is -1.66. The van der Waals surface area contributed by atoms with Crippen LogP contribution in [-0.2, 0) is 4.74 Å². The molecule has 0 aliphatic heterocycles. The molecule has 8 heteroatoms. The van der Waals surface area contributed by atoms with Crippen LogP contribution in [0.5, 0.6) is 0 Å². The van der Waals surface area contributed by atoms with Crippen molar-refractivity contribution in [2.24, 2.45) is 0 Å². The van der Waals surface area contributed by atoms with Crippen molar-refractivity contribution in [1.29, 1.82) is 0 Å². The molecule has 0 atom stereocenters. The van der Waals surface area contributed by atoms with E-state index in [-0.39, 0.29) is 21.9 Å². The zero-order valence-electron chi connectivity index (χ0n) is 15.5. The number of halogens is 2. The van der Waals surface area contributed by atoms with Gasteiger partial charge < -0.3 is 10.1 Å². The lowest BCUT2D eigenvalue weighted by Crippen LogP contribution is -2.37. The summed E-state index contributed by atoms with van der Waals surface area (Å²) in [5.41, 5.74) is 0.520. The molecule has 27 heavy (non-hydrogen) atoms. The molecule has 2 heterocycles. The van der Waals surface area contributed by atoms with E-state index < -0.39 is 25.7 Å². The number of ether oxygens (including phenoxy) is 1. The maximum Gasteiger partial charge on any atom is 0.350 e. The topological polar surface area (TPSA) is 51.2 Å². The normalized spacial score (nSPS) is 11.6. The summed E-state index contributed by atoms with van der Waals surface area (Å²) in [6, 6.07) is 5.05. The monoisotopic (exact) mass is 406 g/mol. The molecule has 0 saturated heterocycles. The molecule has 142 valence electrons. The van der Waals surface area contributed by atoms with Crippen molar-refractivity contribution in [3.05, 3.63) is 47.1 Å². The van der Waals surface area contributed by atoms with Gasteiger partial charge in [-0.15, -0.1) is 11.3 Å². The molecule has 3 aromatic rings. The largest absolute Gasteiger partial charge is 0.462 e. The summed E-state index contributed by atoms with van der Waals surface area (Å²) in [4.78, 5) is 16.4. The fraction of sp³-hybridized carbons (Fsp3) is 0.263. The fourth-order valence-electron chi connectivity index (χ4n) is 2.66. The number of esters is 1. The SMILES string of the molecule is CCOC(=O)c1sc2c(F)cncc2c1Nc1ccc([Si](C)(C)C)cc1F. The lowest BCUT2D eigenvalue weighted by atomic mass is 10.2. The number of thiophene rings is 1. The third-order valence-electron chi connectivity index (χ3n) is 4.11. The average Bonchev–Trinajstić information content (AvgIpc) is 2.96. The van der Waals surface area contributed by atoms with Crippen LogP contribution in [0.2, 0.25) is 19.6 Å². The predicted octanol–water partition coefficient (Wildman–Crippen LogP) is 5.04. The zero-order valence-corrected chi connectivity index (χ0v) is 17.3. The Bertz CT molecular complexity index is 1010. The van der Waals surface area contributed by atoms with Crippen molar-refractivity contribution in [2.75, 3.05) is 11.9 Å². The molecule has 0 radical (unpaired) electrons. The minimum absolute atomic E-state index is 0.187. The highest BCUT2D eigenvalue weighted by Gasteiger charge is 2.23. The van der Waals surface area contributed by atoms with E-state index in [1.807, 2.05) is 6.07 Å². The van der Waals surface area contributed by atoms with Gasteiger partial charge in [0, 0.05) is 11.6 Å². The fourth-order valence-corrected chi connectivity index (χ4v) is 4.83. The van der Waals surface area contributed by atoms with E-state index in [0.29, 0.717) is 11.1 Å². The summed E-state index contributed by atoms with van der Waals surface area (Å²) in [6.07, 6.45) is 2.54. The van der Waals surface area contributed by atoms with Gasteiger partial charge in [-0.3, -0.25) is 4.98 Å². The summed E-state index contributed by atoms with van der Waals surface area (Å²) in [6.45, 7) is 8.28. The van der Waals surface area contributed by atoms with E-state index in [1.54, 1.807) is 13.0 Å². The van der Waals surface area contributed by atoms with Crippen LogP contribution in [0, 0.1) is 11.6 Å². The molecule has 3 rings (SSSR count). The first-order valence-corrected chi connectivity index (χ1v) is 12.8. The van der Waals surface area contributed by atoms with E-state index >= 15 is 0 Å². The van der Waals surface area contributed by atoms with Gasteiger partial charge in [-0.1, -0.05) is 30.9 Å². The Labute approximate surface area is 161 Å². The number of nitrogens with one attached hydrogen (secondary N) is 1. The summed E-state index contributed by atoms with van der Waals surface area (Å²) in [5, 5.41) is 4.35. The minimum Gasteiger partial charge on any atom is -0.462 e. The number of hydrogen-bond donors (Lipinski definition) is 1. The second-order valence-electron chi connectivity index (χ2n) is 7.09. The highest BCUT2D eigenvalue weighted by Crippen LogP contribution is 2.39. The molecule has 0 aliphatic rings. The molecule has 1 N–H and O–H groups in total. The predicted molar refractivity (Wildman–Crippen MR) is 108 cm³/mol. The second-order valence-corrected chi connectivity index (χ2v) is 13.2. The first kappa shape index (κ1) is 19.4. The van der Waals surface area contributed by atoms with Gasteiger partial charge in [0.05, 0.1) is 37.0 Å². The smallest absolute Gasteiger partial charge is 0.350 e. The number of hydrogen-bond acceptors (Lipinski definition) is 5. The molecule has 4 nitrogen and oxygen atoms in total. The second kappa shape index (κ2) is 7.36. The first-order valence-electron chi connectivity index (χ1n) is 8.52. The lowest BCUT2D eigenvalue weighted by molar-refractivity contribution is 0.0533. The molecular weight excluding hydrogens is 386 g/mol. The summed E-state index contributed by atoms with van der Waals surface area (Å²) in [5.74, 6) is -1.54. The number of fused-ring (bicyclic) bond motifs is 1.